The average molecular weight is 1540 g/mol. The van der Waals surface area contributed by atoms with Crippen molar-refractivity contribution >= 4 is 39.5 Å². The van der Waals surface area contributed by atoms with Crippen molar-refractivity contribution in [2.75, 3.05) is 39.6 Å². The SMILES string of the molecule is CCC(C)CCCCCCCCCCCCCCCCCCCCC(=O)O[C@H](COC(=O)CCCCCCCCC(C)C)COP(=O)(O)OC[C@H](O)COP(=O)(O)OC[C@@H](COC(=O)CCCCCCCCCCCCCCCCCC(C)C)OC(=O)CCCCCCCCCCCCCCCC(C)C. The molecule has 0 saturated carbocycles. The quantitative estimate of drug-likeness (QED) is 0.0222. The zero-order valence-electron chi connectivity index (χ0n) is 69.4. The van der Waals surface area contributed by atoms with E-state index in [1.165, 1.54) is 244 Å². The molecule has 19 heteroatoms. The normalized spacial score (nSPS) is 14.2. The van der Waals surface area contributed by atoms with Gasteiger partial charge < -0.3 is 33.8 Å². The Labute approximate surface area is 645 Å². The molecule has 3 unspecified atom stereocenters. The molecule has 0 rings (SSSR count). The number of rotatable bonds is 83. The Balaban J connectivity index is 5.18. The number of unbranched alkanes of at least 4 members (excludes halogenated alkanes) is 48. The number of aliphatic hydroxyl groups excluding tert-OH is 1. The van der Waals surface area contributed by atoms with Gasteiger partial charge in [-0.25, -0.2) is 9.13 Å². The molecular formula is C86H168O17P2. The maximum Gasteiger partial charge on any atom is 0.472 e. The van der Waals surface area contributed by atoms with Crippen LogP contribution in [0.3, 0.4) is 0 Å². The lowest BCUT2D eigenvalue weighted by molar-refractivity contribution is -0.161. The number of phosphoric ester groups is 2. The average Bonchev–Trinajstić information content (AvgIpc) is 0.917. The summed E-state index contributed by atoms with van der Waals surface area (Å²) in [5.41, 5.74) is 0. The number of phosphoric acid groups is 2. The van der Waals surface area contributed by atoms with Crippen LogP contribution in [-0.2, 0) is 65.4 Å². The first-order valence-electron chi connectivity index (χ1n) is 44.2. The molecule has 0 aliphatic carbocycles. The fourth-order valence-electron chi connectivity index (χ4n) is 13.3. The minimum Gasteiger partial charge on any atom is -0.462 e. The van der Waals surface area contributed by atoms with Gasteiger partial charge in [-0.2, -0.15) is 0 Å². The van der Waals surface area contributed by atoms with Crippen LogP contribution in [0.25, 0.3) is 0 Å². The third-order valence-corrected chi connectivity index (χ3v) is 22.3. The number of carbonyl (C=O) groups excluding carboxylic acids is 4. The van der Waals surface area contributed by atoms with Gasteiger partial charge >= 0.3 is 39.5 Å². The monoisotopic (exact) mass is 1540 g/mol. The topological polar surface area (TPSA) is 237 Å². The van der Waals surface area contributed by atoms with Crippen molar-refractivity contribution in [2.45, 2.75) is 465 Å². The Hall–Kier alpha value is -1.94. The summed E-state index contributed by atoms with van der Waals surface area (Å²) in [6, 6.07) is 0. The van der Waals surface area contributed by atoms with E-state index in [0.717, 1.165) is 114 Å². The summed E-state index contributed by atoms with van der Waals surface area (Å²) >= 11 is 0. The van der Waals surface area contributed by atoms with Gasteiger partial charge in [0, 0.05) is 25.7 Å². The molecule has 0 aliphatic heterocycles. The van der Waals surface area contributed by atoms with Gasteiger partial charge in [0.1, 0.15) is 19.3 Å². The lowest BCUT2D eigenvalue weighted by Gasteiger charge is -2.21. The second kappa shape index (κ2) is 74.8. The molecule has 0 aromatic carbocycles. The van der Waals surface area contributed by atoms with Crippen LogP contribution in [0.2, 0.25) is 0 Å². The predicted octanol–water partition coefficient (Wildman–Crippen LogP) is 25.9. The van der Waals surface area contributed by atoms with Gasteiger partial charge in [0.15, 0.2) is 12.2 Å². The molecule has 0 radical (unpaired) electrons. The highest BCUT2D eigenvalue weighted by Crippen LogP contribution is 2.45. The molecule has 105 heavy (non-hydrogen) atoms. The highest BCUT2D eigenvalue weighted by Gasteiger charge is 2.31. The van der Waals surface area contributed by atoms with Gasteiger partial charge in [0.2, 0.25) is 0 Å². The second-order valence-corrected chi connectivity index (χ2v) is 35.5. The molecular weight excluding hydrogens is 1370 g/mol. The first-order chi connectivity index (χ1) is 50.6. The summed E-state index contributed by atoms with van der Waals surface area (Å²) in [5, 5.41) is 10.7. The highest BCUT2D eigenvalue weighted by molar-refractivity contribution is 7.47. The molecule has 0 aromatic rings. The van der Waals surface area contributed by atoms with Crippen molar-refractivity contribution in [1.29, 1.82) is 0 Å². The molecule has 0 bridgehead atoms. The van der Waals surface area contributed by atoms with Crippen LogP contribution in [0.5, 0.6) is 0 Å². The maximum atomic E-state index is 13.1. The maximum absolute atomic E-state index is 13.1. The number of aliphatic hydroxyl groups is 1. The second-order valence-electron chi connectivity index (χ2n) is 32.6. The number of carbonyl (C=O) groups is 4. The first-order valence-corrected chi connectivity index (χ1v) is 47.2. The molecule has 0 spiro atoms. The van der Waals surface area contributed by atoms with E-state index in [-0.39, 0.29) is 25.7 Å². The van der Waals surface area contributed by atoms with Crippen LogP contribution in [0, 0.1) is 23.7 Å². The Kier molecular flexibility index (Phi) is 73.4. The van der Waals surface area contributed by atoms with Crippen molar-refractivity contribution in [3.8, 4) is 0 Å². The van der Waals surface area contributed by atoms with Crippen LogP contribution >= 0.6 is 15.6 Å². The van der Waals surface area contributed by atoms with E-state index in [1.807, 2.05) is 0 Å². The minimum absolute atomic E-state index is 0.107. The van der Waals surface area contributed by atoms with Crippen LogP contribution in [0.15, 0.2) is 0 Å². The molecule has 3 N–H and O–H groups in total. The number of hydrogen-bond acceptors (Lipinski definition) is 15. The molecule has 17 nitrogen and oxygen atoms in total. The Morgan fingerprint density at radius 2 is 0.457 bits per heavy atom. The zero-order valence-corrected chi connectivity index (χ0v) is 71.2. The van der Waals surface area contributed by atoms with Crippen molar-refractivity contribution in [1.82, 2.24) is 0 Å². The van der Waals surface area contributed by atoms with Gasteiger partial charge in [-0.3, -0.25) is 37.3 Å². The lowest BCUT2D eigenvalue weighted by atomic mass is 9.99. The van der Waals surface area contributed by atoms with Crippen LogP contribution < -0.4 is 0 Å². The van der Waals surface area contributed by atoms with Gasteiger partial charge in [-0.15, -0.1) is 0 Å². The largest absolute Gasteiger partial charge is 0.472 e. The summed E-state index contributed by atoms with van der Waals surface area (Å²) in [4.78, 5) is 73.2. The smallest absolute Gasteiger partial charge is 0.462 e. The van der Waals surface area contributed by atoms with Gasteiger partial charge in [-0.1, -0.05) is 396 Å². The molecule has 0 fully saturated rings. The summed E-state index contributed by atoms with van der Waals surface area (Å²) in [7, 11) is -9.93. The highest BCUT2D eigenvalue weighted by atomic mass is 31.2. The van der Waals surface area contributed by atoms with E-state index in [0.29, 0.717) is 31.6 Å². The van der Waals surface area contributed by atoms with E-state index in [4.69, 9.17) is 37.0 Å². The standard InChI is InChI=1S/C86H168O17P2/c1-9-79(8)65-57-49-40-34-28-22-16-12-10-11-13-17-24-30-36-42-52-60-68-86(91)103-82(73-97-84(89)67-59-51-45-44-48-56-64-78(6)7)75-101-105(94,95)99-71-80(87)70-98-104(92,93)100-74-81(102-85(90)69-61-53-43-37-31-25-19-21-27-33-39-47-55-63-77(4)5)72-96-83(88)66-58-50-41-35-29-23-18-14-15-20-26-32-38-46-54-62-76(2)3/h76-82,87H,9-75H2,1-8H3,(H,92,93)(H,94,95)/t79?,80-,81-,82-/m1/s1. The number of hydrogen-bond donors (Lipinski definition) is 3. The molecule has 624 valence electrons. The van der Waals surface area contributed by atoms with Gasteiger partial charge in [0.25, 0.3) is 0 Å². The van der Waals surface area contributed by atoms with E-state index >= 15 is 0 Å². The van der Waals surface area contributed by atoms with Gasteiger partial charge in [0.05, 0.1) is 26.4 Å². The Morgan fingerprint density at radius 3 is 0.676 bits per heavy atom. The van der Waals surface area contributed by atoms with Crippen molar-refractivity contribution in [3.05, 3.63) is 0 Å². The minimum atomic E-state index is -4.97. The molecule has 0 amide bonds. The molecule has 0 aliphatic rings. The molecule has 6 atom stereocenters. The van der Waals surface area contributed by atoms with E-state index in [2.05, 4.69) is 55.4 Å². The third kappa shape index (κ3) is 78.5. The molecule has 0 saturated heterocycles. The van der Waals surface area contributed by atoms with Crippen molar-refractivity contribution < 1.29 is 80.2 Å². The van der Waals surface area contributed by atoms with Crippen LogP contribution in [0.1, 0.15) is 447 Å². The third-order valence-electron chi connectivity index (χ3n) is 20.4. The Bertz CT molecular complexity index is 2040. The van der Waals surface area contributed by atoms with Crippen molar-refractivity contribution in [2.24, 2.45) is 23.7 Å². The van der Waals surface area contributed by atoms with Crippen LogP contribution in [-0.4, -0.2) is 96.7 Å². The predicted molar refractivity (Wildman–Crippen MR) is 432 cm³/mol. The summed E-state index contributed by atoms with van der Waals surface area (Å²) in [6.45, 7) is 14.3. The van der Waals surface area contributed by atoms with Crippen molar-refractivity contribution in [3.63, 3.8) is 0 Å². The first kappa shape index (κ1) is 103. The molecule has 0 heterocycles. The summed E-state index contributed by atoms with van der Waals surface area (Å²) < 4.78 is 68.8. The summed E-state index contributed by atoms with van der Waals surface area (Å²) in [6.07, 6.45) is 64.0. The fourth-order valence-corrected chi connectivity index (χ4v) is 14.9. The van der Waals surface area contributed by atoms with E-state index in [9.17, 15) is 43.2 Å². The lowest BCUT2D eigenvalue weighted by Crippen LogP contribution is -2.30. The molecule has 0 aromatic heterocycles. The zero-order chi connectivity index (χ0) is 77.4. The van der Waals surface area contributed by atoms with E-state index < -0.39 is 97.5 Å². The van der Waals surface area contributed by atoms with Crippen LogP contribution in [0.4, 0.5) is 0 Å². The summed E-state index contributed by atoms with van der Waals surface area (Å²) in [5.74, 6) is 1.03. The number of ether oxygens (including phenoxy) is 4. The Morgan fingerprint density at radius 1 is 0.267 bits per heavy atom. The van der Waals surface area contributed by atoms with Gasteiger partial charge in [-0.05, 0) is 49.4 Å². The van der Waals surface area contributed by atoms with E-state index in [1.54, 1.807) is 0 Å². The fraction of sp³-hybridized carbons (Fsp3) is 0.953. The number of esters is 4.